The first-order valence-corrected chi connectivity index (χ1v) is 11.6. The van der Waals surface area contributed by atoms with Gasteiger partial charge in [-0.25, -0.2) is 17.8 Å². The van der Waals surface area contributed by atoms with Crippen LogP contribution in [-0.4, -0.2) is 61.6 Å². The third-order valence-electron chi connectivity index (χ3n) is 5.55. The van der Waals surface area contributed by atoms with Gasteiger partial charge in [0.25, 0.3) is 5.91 Å². The quantitative estimate of drug-likeness (QED) is 0.793. The summed E-state index contributed by atoms with van der Waals surface area (Å²) in [6.07, 6.45) is 2.53. The maximum Gasteiger partial charge on any atom is 0.272 e. The minimum atomic E-state index is -3.19. The van der Waals surface area contributed by atoms with Gasteiger partial charge in [-0.3, -0.25) is 9.59 Å². The predicted octanol–water partition coefficient (Wildman–Crippen LogP) is 1.53. The lowest BCUT2D eigenvalue weighted by atomic mass is 10.1. The van der Waals surface area contributed by atoms with E-state index in [1.807, 2.05) is 4.90 Å². The van der Waals surface area contributed by atoms with Gasteiger partial charge in [-0.2, -0.15) is 5.10 Å². The molecule has 156 valence electrons. The molecule has 1 N–H and O–H groups in total. The largest absolute Gasteiger partial charge is 0.370 e. The molecule has 1 aromatic carbocycles. The SMILES string of the molecule is O=C(Nc1c(F)cccc1N1CCCC1)C1=NN(C2CCS(=O)(=O)C2)C(=O)CC1. The first kappa shape index (κ1) is 19.8. The van der Waals surface area contributed by atoms with Crippen molar-refractivity contribution in [2.75, 3.05) is 34.8 Å². The number of anilines is 2. The molecule has 8 nitrogen and oxygen atoms in total. The van der Waals surface area contributed by atoms with Gasteiger partial charge in [-0.1, -0.05) is 6.07 Å². The molecule has 0 radical (unpaired) electrons. The van der Waals surface area contributed by atoms with Crippen molar-refractivity contribution in [3.8, 4) is 0 Å². The van der Waals surface area contributed by atoms with Gasteiger partial charge in [0.1, 0.15) is 17.2 Å². The van der Waals surface area contributed by atoms with Gasteiger partial charge < -0.3 is 10.2 Å². The van der Waals surface area contributed by atoms with Crippen LogP contribution in [0.25, 0.3) is 0 Å². The Labute approximate surface area is 168 Å². The van der Waals surface area contributed by atoms with E-state index >= 15 is 0 Å². The normalized spacial score (nSPS) is 24.0. The lowest BCUT2D eigenvalue weighted by Gasteiger charge is -2.28. The number of hydrazone groups is 1. The van der Waals surface area contributed by atoms with E-state index in [1.165, 1.54) is 6.07 Å². The van der Waals surface area contributed by atoms with E-state index in [4.69, 9.17) is 0 Å². The van der Waals surface area contributed by atoms with Crippen LogP contribution in [0.4, 0.5) is 15.8 Å². The zero-order valence-corrected chi connectivity index (χ0v) is 16.8. The maximum absolute atomic E-state index is 14.5. The number of nitrogens with zero attached hydrogens (tertiary/aromatic N) is 3. The van der Waals surface area contributed by atoms with Crippen LogP contribution < -0.4 is 10.2 Å². The Morgan fingerprint density at radius 1 is 1.21 bits per heavy atom. The van der Waals surface area contributed by atoms with Crippen LogP contribution in [0.15, 0.2) is 23.3 Å². The zero-order chi connectivity index (χ0) is 20.6. The standard InChI is InChI=1S/C19H23FN4O4S/c20-14-4-3-5-16(23-9-1-2-10-23)18(14)21-19(26)15-6-7-17(25)24(22-15)13-8-11-29(27,28)12-13/h3-5,13H,1-2,6-12H2,(H,21,26). The molecule has 0 spiro atoms. The third-order valence-corrected chi connectivity index (χ3v) is 7.30. The fourth-order valence-electron chi connectivity index (χ4n) is 4.03. The molecule has 2 saturated heterocycles. The number of carbonyl (C=O) groups excluding carboxylic acids is 2. The topological polar surface area (TPSA) is 99.2 Å². The Kier molecular flexibility index (Phi) is 5.28. The number of para-hydroxylation sites is 1. The molecule has 0 aliphatic carbocycles. The Hall–Kier alpha value is -2.49. The van der Waals surface area contributed by atoms with E-state index in [0.717, 1.165) is 30.9 Å². The molecular formula is C19H23FN4O4S. The van der Waals surface area contributed by atoms with Crippen molar-refractivity contribution in [1.82, 2.24) is 5.01 Å². The summed E-state index contributed by atoms with van der Waals surface area (Å²) in [5.74, 6) is -1.55. The van der Waals surface area contributed by atoms with E-state index in [9.17, 15) is 22.4 Å². The van der Waals surface area contributed by atoms with Gasteiger partial charge in [0.2, 0.25) is 5.91 Å². The smallest absolute Gasteiger partial charge is 0.272 e. The van der Waals surface area contributed by atoms with Crippen molar-refractivity contribution in [2.24, 2.45) is 5.10 Å². The summed E-state index contributed by atoms with van der Waals surface area (Å²) in [6, 6.07) is 4.12. The lowest BCUT2D eigenvalue weighted by molar-refractivity contribution is -0.133. The number of amides is 2. The van der Waals surface area contributed by atoms with Gasteiger partial charge in [0.05, 0.1) is 23.2 Å². The number of halogens is 1. The number of benzene rings is 1. The van der Waals surface area contributed by atoms with Crippen molar-refractivity contribution in [2.45, 2.75) is 38.1 Å². The molecule has 0 bridgehead atoms. The second kappa shape index (κ2) is 7.74. The Balaban J connectivity index is 1.56. The number of carbonyl (C=O) groups is 2. The van der Waals surface area contributed by atoms with Crippen LogP contribution in [0.2, 0.25) is 0 Å². The molecule has 0 saturated carbocycles. The monoisotopic (exact) mass is 422 g/mol. The molecule has 4 rings (SSSR count). The van der Waals surface area contributed by atoms with Crippen LogP contribution in [0.1, 0.15) is 32.1 Å². The fraction of sp³-hybridized carbons (Fsp3) is 0.526. The van der Waals surface area contributed by atoms with E-state index in [0.29, 0.717) is 12.1 Å². The van der Waals surface area contributed by atoms with Gasteiger partial charge in [0, 0.05) is 25.9 Å². The molecule has 2 amide bonds. The molecule has 2 fully saturated rings. The highest BCUT2D eigenvalue weighted by atomic mass is 32.2. The van der Waals surface area contributed by atoms with Crippen LogP contribution in [0.3, 0.4) is 0 Å². The summed E-state index contributed by atoms with van der Waals surface area (Å²) < 4.78 is 38.0. The van der Waals surface area contributed by atoms with Crippen molar-refractivity contribution in [3.05, 3.63) is 24.0 Å². The van der Waals surface area contributed by atoms with Crippen LogP contribution in [-0.2, 0) is 19.4 Å². The van der Waals surface area contributed by atoms with Gasteiger partial charge in [-0.15, -0.1) is 0 Å². The van der Waals surface area contributed by atoms with E-state index in [-0.39, 0.29) is 41.7 Å². The highest BCUT2D eigenvalue weighted by molar-refractivity contribution is 7.91. The highest BCUT2D eigenvalue weighted by Gasteiger charge is 2.37. The maximum atomic E-state index is 14.5. The second-order valence-corrected chi connectivity index (χ2v) is 9.85. The minimum absolute atomic E-state index is 0.00686. The number of hydrogen-bond acceptors (Lipinski definition) is 6. The van der Waals surface area contributed by atoms with Crippen LogP contribution in [0.5, 0.6) is 0 Å². The summed E-state index contributed by atoms with van der Waals surface area (Å²) >= 11 is 0. The Morgan fingerprint density at radius 2 is 1.97 bits per heavy atom. The van der Waals surface area contributed by atoms with Crippen LogP contribution in [0, 0.1) is 5.82 Å². The molecule has 0 aromatic heterocycles. The average molecular weight is 422 g/mol. The minimum Gasteiger partial charge on any atom is -0.370 e. The average Bonchev–Trinajstić information content (AvgIpc) is 3.33. The summed E-state index contributed by atoms with van der Waals surface area (Å²) in [7, 11) is -3.19. The van der Waals surface area contributed by atoms with Gasteiger partial charge in [-0.05, 0) is 31.4 Å². The molecule has 1 aromatic rings. The lowest BCUT2D eigenvalue weighted by Crippen LogP contribution is -2.42. The zero-order valence-electron chi connectivity index (χ0n) is 15.9. The van der Waals surface area contributed by atoms with Crippen LogP contribution >= 0.6 is 0 Å². The van der Waals surface area contributed by atoms with Gasteiger partial charge >= 0.3 is 0 Å². The first-order valence-electron chi connectivity index (χ1n) is 9.79. The molecule has 1 atom stereocenters. The highest BCUT2D eigenvalue weighted by Crippen LogP contribution is 2.31. The molecule has 3 aliphatic rings. The van der Waals surface area contributed by atoms with Crippen molar-refractivity contribution in [1.29, 1.82) is 0 Å². The summed E-state index contributed by atoms with van der Waals surface area (Å²) in [5.41, 5.74) is 0.834. The van der Waals surface area contributed by atoms with Crippen molar-refractivity contribution in [3.63, 3.8) is 0 Å². The molecule has 10 heteroatoms. The van der Waals surface area contributed by atoms with Crippen molar-refractivity contribution < 1.29 is 22.4 Å². The summed E-state index contributed by atoms with van der Waals surface area (Å²) in [6.45, 7) is 1.59. The number of nitrogens with one attached hydrogen (secondary N) is 1. The number of rotatable bonds is 4. The van der Waals surface area contributed by atoms with E-state index in [1.54, 1.807) is 12.1 Å². The summed E-state index contributed by atoms with van der Waals surface area (Å²) in [5, 5.41) is 7.91. The van der Waals surface area contributed by atoms with Gasteiger partial charge in [0.15, 0.2) is 9.84 Å². The molecule has 3 heterocycles. The number of sulfone groups is 1. The fourth-order valence-corrected chi connectivity index (χ4v) is 5.72. The molecule has 1 unspecified atom stereocenters. The number of hydrogen-bond donors (Lipinski definition) is 1. The molecule has 3 aliphatic heterocycles. The molecular weight excluding hydrogens is 399 g/mol. The van der Waals surface area contributed by atoms with Crippen molar-refractivity contribution >= 4 is 38.7 Å². The van der Waals surface area contributed by atoms with E-state index < -0.39 is 27.6 Å². The molecule has 29 heavy (non-hydrogen) atoms. The first-order chi connectivity index (χ1) is 13.8. The van der Waals surface area contributed by atoms with E-state index in [2.05, 4.69) is 10.4 Å². The Morgan fingerprint density at radius 3 is 2.66 bits per heavy atom. The Bertz CT molecular complexity index is 972. The second-order valence-electron chi connectivity index (χ2n) is 7.62. The summed E-state index contributed by atoms with van der Waals surface area (Å²) in [4.78, 5) is 27.1. The third kappa shape index (κ3) is 4.12. The predicted molar refractivity (Wildman–Crippen MR) is 107 cm³/mol.